The van der Waals surface area contributed by atoms with Gasteiger partial charge in [0.2, 0.25) is 5.52 Å². The fraction of sp³-hybridized carbons (Fsp3) is 0.412. The van der Waals surface area contributed by atoms with Gasteiger partial charge in [0.1, 0.15) is 11.2 Å². The highest BCUT2D eigenvalue weighted by Gasteiger charge is 2.32. The number of anilines is 1. The second-order valence-electron chi connectivity index (χ2n) is 13.2. The maximum atomic E-state index is 13.3. The number of ketones is 1. The van der Waals surface area contributed by atoms with Crippen LogP contribution in [0.3, 0.4) is 0 Å². The van der Waals surface area contributed by atoms with E-state index >= 15 is 0 Å². The minimum atomic E-state index is -0.160. The smallest absolute Gasteiger partial charge is 0.263 e. The van der Waals surface area contributed by atoms with Gasteiger partial charge >= 0.3 is 0 Å². The van der Waals surface area contributed by atoms with Gasteiger partial charge in [0, 0.05) is 34.7 Å². The van der Waals surface area contributed by atoms with E-state index in [1.54, 1.807) is 35.3 Å². The number of allylic oxidation sites excluding steroid dienone is 3. The van der Waals surface area contributed by atoms with Crippen LogP contribution in [0.4, 0.5) is 5.69 Å². The van der Waals surface area contributed by atoms with Crippen molar-refractivity contribution in [2.24, 2.45) is 10.8 Å². The average Bonchev–Trinajstić information content (AvgIpc) is 3.39. The summed E-state index contributed by atoms with van der Waals surface area (Å²) in [5, 5.41) is 15.2. The lowest BCUT2D eigenvalue weighted by molar-refractivity contribution is -0.665. The van der Waals surface area contributed by atoms with E-state index in [-0.39, 0.29) is 33.5 Å². The highest BCUT2D eigenvalue weighted by Crippen LogP contribution is 2.48. The molecule has 0 atom stereocenters. The molecule has 2 heterocycles. The molecule has 0 N–H and O–H groups in total. The normalized spacial score (nSPS) is 17.9. The molecule has 0 spiro atoms. The van der Waals surface area contributed by atoms with Crippen LogP contribution in [0.2, 0.25) is 0 Å². The van der Waals surface area contributed by atoms with Crippen LogP contribution in [0, 0.1) is 10.8 Å². The average molecular weight is 573 g/mol. The van der Waals surface area contributed by atoms with Gasteiger partial charge in [0.15, 0.2) is 5.78 Å². The molecule has 0 radical (unpaired) electrons. The molecule has 5 rings (SSSR count). The fourth-order valence-corrected chi connectivity index (χ4v) is 8.02. The highest BCUT2D eigenvalue weighted by atomic mass is 32.2. The number of rotatable bonds is 6. The Balaban J connectivity index is 1.44. The summed E-state index contributed by atoms with van der Waals surface area (Å²) in [6.07, 6.45) is 5.61. The van der Waals surface area contributed by atoms with E-state index in [0.29, 0.717) is 0 Å². The zero-order valence-corrected chi connectivity index (χ0v) is 26.6. The molecule has 0 amide bonds. The Morgan fingerprint density at radius 1 is 0.925 bits per heavy atom. The molecule has 0 saturated carbocycles. The predicted molar refractivity (Wildman–Crippen MR) is 167 cm³/mol. The largest absolute Gasteiger partial charge is 0.871 e. The molecule has 40 heavy (non-hydrogen) atoms. The lowest BCUT2D eigenvalue weighted by atomic mass is 9.87. The van der Waals surface area contributed by atoms with Crippen LogP contribution >= 0.6 is 23.1 Å². The van der Waals surface area contributed by atoms with Gasteiger partial charge in [-0.2, -0.15) is 4.57 Å². The van der Waals surface area contributed by atoms with Crippen molar-refractivity contribution < 1.29 is 14.5 Å². The van der Waals surface area contributed by atoms with Gasteiger partial charge in [-0.05, 0) is 72.9 Å². The first-order valence-electron chi connectivity index (χ1n) is 14.2. The van der Waals surface area contributed by atoms with E-state index < -0.39 is 0 Å². The number of carbonyl (C=O) groups excluding carboxylic acids is 1. The third kappa shape index (κ3) is 5.66. The Labute approximate surface area is 247 Å². The van der Waals surface area contributed by atoms with Gasteiger partial charge in [-0.15, -0.1) is 0 Å². The van der Waals surface area contributed by atoms with E-state index in [1.807, 2.05) is 0 Å². The number of thioether (sulfide) groups is 1. The summed E-state index contributed by atoms with van der Waals surface area (Å²) in [6.45, 7) is 19.2. The molecule has 0 fully saturated rings. The Kier molecular flexibility index (Phi) is 7.56. The Hall–Kier alpha value is -2.83. The molecule has 0 bridgehead atoms. The maximum Gasteiger partial charge on any atom is 0.263 e. The van der Waals surface area contributed by atoms with Crippen LogP contribution in [0.5, 0.6) is 0 Å². The predicted octanol–water partition coefficient (Wildman–Crippen LogP) is 7.44. The number of aromatic nitrogens is 1. The van der Waals surface area contributed by atoms with Crippen LogP contribution in [0.1, 0.15) is 71.5 Å². The van der Waals surface area contributed by atoms with Gasteiger partial charge in [-0.1, -0.05) is 82.5 Å². The third-order valence-electron chi connectivity index (χ3n) is 7.21. The topological polar surface area (TPSA) is 47.2 Å². The first kappa shape index (κ1) is 28.7. The van der Waals surface area contributed by atoms with Crippen molar-refractivity contribution in [3.05, 3.63) is 80.5 Å². The van der Waals surface area contributed by atoms with E-state index in [0.717, 1.165) is 47.2 Å². The summed E-state index contributed by atoms with van der Waals surface area (Å²) in [5.74, 6) is -0.320. The third-order valence-corrected chi connectivity index (χ3v) is 9.40. The molecule has 2 aliphatic rings. The van der Waals surface area contributed by atoms with E-state index in [4.69, 9.17) is 0 Å². The summed E-state index contributed by atoms with van der Waals surface area (Å²) < 4.78 is 3.38. The lowest BCUT2D eigenvalue weighted by Gasteiger charge is -2.29. The van der Waals surface area contributed by atoms with Crippen molar-refractivity contribution in [1.82, 2.24) is 0 Å². The molecule has 6 heteroatoms. The fourth-order valence-electron chi connectivity index (χ4n) is 5.55. The van der Waals surface area contributed by atoms with Crippen molar-refractivity contribution in [3.8, 4) is 0 Å². The molecule has 0 unspecified atom stereocenters. The SMILES string of the molecule is CCN1/C(=C/C2=C([O-])C(=C/c3sc4cc(CC(C)(C)C)ccc4[n+]3CC)/C2=O)Sc2cc(CC(C)(C)C)ccc21. The molecule has 1 aliphatic heterocycles. The maximum absolute atomic E-state index is 13.3. The summed E-state index contributed by atoms with van der Waals surface area (Å²) in [4.78, 5) is 16.6. The number of benzene rings is 2. The molecule has 1 aliphatic carbocycles. The zero-order chi connectivity index (χ0) is 29.0. The van der Waals surface area contributed by atoms with Gasteiger partial charge in [0.25, 0.3) is 5.01 Å². The van der Waals surface area contributed by atoms with Crippen LogP contribution in [-0.4, -0.2) is 12.3 Å². The summed E-state index contributed by atoms with van der Waals surface area (Å²) in [5.41, 5.74) is 5.90. The van der Waals surface area contributed by atoms with Crippen LogP contribution in [-0.2, 0) is 24.2 Å². The molecule has 2 aromatic carbocycles. The number of carbonyl (C=O) groups is 1. The quantitative estimate of drug-likeness (QED) is 0.228. The molecule has 3 aromatic rings. The number of thiazole rings is 1. The summed E-state index contributed by atoms with van der Waals surface area (Å²) >= 11 is 3.30. The van der Waals surface area contributed by atoms with E-state index in [9.17, 15) is 9.90 Å². The minimum absolute atomic E-state index is 0.160. The number of nitrogens with zero attached hydrogens (tertiary/aromatic N) is 2. The van der Waals surface area contributed by atoms with Gasteiger partial charge in [-0.3, -0.25) is 4.79 Å². The van der Waals surface area contributed by atoms with Crippen molar-refractivity contribution in [2.75, 3.05) is 11.4 Å². The van der Waals surface area contributed by atoms with Gasteiger partial charge in [0.05, 0.1) is 10.7 Å². The minimum Gasteiger partial charge on any atom is -0.871 e. The number of hydrogen-bond acceptors (Lipinski definition) is 5. The Morgan fingerprint density at radius 2 is 1.57 bits per heavy atom. The number of hydrogen-bond donors (Lipinski definition) is 0. The number of Topliss-reactive ketones (excluding diaryl/α,β-unsaturated/α-hetero) is 1. The molecule has 0 saturated heterocycles. The van der Waals surface area contributed by atoms with Gasteiger partial charge < -0.3 is 10.0 Å². The first-order valence-corrected chi connectivity index (χ1v) is 15.8. The van der Waals surface area contributed by atoms with Gasteiger partial charge in [-0.25, -0.2) is 0 Å². The van der Waals surface area contributed by atoms with E-state index in [1.165, 1.54) is 20.7 Å². The molecule has 4 nitrogen and oxygen atoms in total. The molecular formula is C34H40N2O2S2. The summed E-state index contributed by atoms with van der Waals surface area (Å²) in [7, 11) is 0. The first-order chi connectivity index (χ1) is 18.8. The van der Waals surface area contributed by atoms with E-state index in [2.05, 4.69) is 101 Å². The summed E-state index contributed by atoms with van der Waals surface area (Å²) in [6, 6.07) is 13.3. The molecular weight excluding hydrogens is 533 g/mol. The molecule has 210 valence electrons. The highest BCUT2D eigenvalue weighted by molar-refractivity contribution is 8.03. The van der Waals surface area contributed by atoms with Crippen molar-refractivity contribution >= 4 is 50.9 Å². The number of aryl methyl sites for hydroxylation is 1. The molecule has 1 aromatic heterocycles. The van der Waals surface area contributed by atoms with Crippen LogP contribution in [0.15, 0.2) is 69.3 Å². The standard InChI is InChI=1S/C34H40N2O2S2/c1-9-35-25-13-11-21(19-33(3,4)5)15-27(25)39-29(35)17-23-31(37)24(32(23)38)18-30-36(10-2)26-14-12-22(16-28(26)40-30)20-34(6,7)8/h11-18H,9-10,19-20H2,1-8H3. The van der Waals surface area contributed by atoms with Crippen LogP contribution in [0.25, 0.3) is 16.3 Å². The second-order valence-corrected chi connectivity index (χ2v) is 15.3. The van der Waals surface area contributed by atoms with Crippen molar-refractivity contribution in [3.63, 3.8) is 0 Å². The second kappa shape index (κ2) is 10.5. The van der Waals surface area contributed by atoms with Crippen molar-refractivity contribution in [2.45, 2.75) is 79.7 Å². The number of fused-ring (bicyclic) bond motifs is 2. The van der Waals surface area contributed by atoms with Crippen molar-refractivity contribution in [1.29, 1.82) is 0 Å². The monoisotopic (exact) mass is 572 g/mol. The zero-order valence-electron chi connectivity index (χ0n) is 25.0. The lowest BCUT2D eigenvalue weighted by Crippen LogP contribution is -2.35. The Morgan fingerprint density at radius 3 is 2.17 bits per heavy atom. The van der Waals surface area contributed by atoms with Crippen LogP contribution < -0.4 is 14.6 Å². The Bertz CT molecular complexity index is 1590.